The molecule has 1 atom stereocenters. The minimum Gasteiger partial charge on any atom is -0.372 e. The van der Waals surface area contributed by atoms with Gasteiger partial charge in [0, 0.05) is 6.42 Å². The van der Waals surface area contributed by atoms with Gasteiger partial charge < -0.3 is 4.74 Å². The first-order valence-electron chi connectivity index (χ1n) is 4.99. The molecular weight excluding hydrogens is 136 g/mol. The smallest absolute Gasteiger partial charge is 0.0710 e. The Bertz CT molecular complexity index is 106. The average molecular weight is 156 g/mol. The van der Waals surface area contributed by atoms with E-state index in [-0.39, 0.29) is 0 Å². The van der Waals surface area contributed by atoms with Crippen LogP contribution in [0.4, 0.5) is 0 Å². The van der Waals surface area contributed by atoms with Crippen molar-refractivity contribution in [3.8, 4) is 0 Å². The summed E-state index contributed by atoms with van der Waals surface area (Å²) in [6.07, 6.45) is 7.34. The van der Waals surface area contributed by atoms with E-state index in [0.717, 1.165) is 0 Å². The maximum absolute atomic E-state index is 5.69. The summed E-state index contributed by atoms with van der Waals surface area (Å²) < 4.78 is 5.69. The molecular formula is C10H20O. The van der Waals surface area contributed by atoms with Crippen molar-refractivity contribution in [2.24, 2.45) is 0 Å². The molecule has 11 heavy (non-hydrogen) atoms. The fourth-order valence-electron chi connectivity index (χ4n) is 2.28. The molecule has 0 aromatic rings. The lowest BCUT2D eigenvalue weighted by atomic mass is 9.88. The highest BCUT2D eigenvalue weighted by atomic mass is 16.5. The second kappa shape index (κ2) is 3.57. The van der Waals surface area contributed by atoms with Crippen LogP contribution in [0.25, 0.3) is 0 Å². The normalized spacial score (nSPS) is 32.5. The molecule has 1 saturated carbocycles. The molecule has 0 radical (unpaired) electrons. The first-order chi connectivity index (χ1) is 5.31. The van der Waals surface area contributed by atoms with Gasteiger partial charge in [-0.05, 0) is 19.8 Å². The van der Waals surface area contributed by atoms with Crippen LogP contribution in [0.1, 0.15) is 52.9 Å². The van der Waals surface area contributed by atoms with Gasteiger partial charge in [-0.2, -0.15) is 0 Å². The molecule has 0 N–H and O–H groups in total. The van der Waals surface area contributed by atoms with Gasteiger partial charge in [0.05, 0.1) is 11.7 Å². The van der Waals surface area contributed by atoms with E-state index in [4.69, 9.17) is 4.74 Å². The summed E-state index contributed by atoms with van der Waals surface area (Å²) >= 11 is 0. The number of rotatable bonds is 0. The standard InChI is InChI=1S/C8H14O.C2H6/c1-7-6-8(9-7)4-2-3-5-8;1-2/h7H,2-6H2,1H3;1-2H3. The molecule has 2 rings (SSSR count). The molecule has 66 valence electrons. The van der Waals surface area contributed by atoms with Crippen LogP contribution < -0.4 is 0 Å². The Morgan fingerprint density at radius 1 is 1.18 bits per heavy atom. The van der Waals surface area contributed by atoms with E-state index < -0.39 is 0 Å². The first kappa shape index (κ1) is 9.05. The SMILES string of the molecule is CC.CC1CC2(CCCC2)O1. The topological polar surface area (TPSA) is 9.23 Å². The minimum atomic E-state index is 0.388. The van der Waals surface area contributed by atoms with Crippen LogP contribution in [0, 0.1) is 0 Å². The van der Waals surface area contributed by atoms with E-state index in [1.165, 1.54) is 32.1 Å². The zero-order valence-corrected chi connectivity index (χ0v) is 8.02. The minimum absolute atomic E-state index is 0.388. The fourth-order valence-corrected chi connectivity index (χ4v) is 2.28. The maximum Gasteiger partial charge on any atom is 0.0710 e. The molecule has 1 heterocycles. The second-order valence-corrected chi connectivity index (χ2v) is 3.52. The third-order valence-electron chi connectivity index (χ3n) is 2.63. The molecule has 1 aliphatic heterocycles. The molecule has 2 aliphatic rings. The van der Waals surface area contributed by atoms with E-state index >= 15 is 0 Å². The Balaban J connectivity index is 0.000000281. The van der Waals surface area contributed by atoms with Crippen LogP contribution in [0.2, 0.25) is 0 Å². The van der Waals surface area contributed by atoms with Crippen molar-refractivity contribution < 1.29 is 4.74 Å². The fraction of sp³-hybridized carbons (Fsp3) is 1.00. The monoisotopic (exact) mass is 156 g/mol. The van der Waals surface area contributed by atoms with Crippen LogP contribution >= 0.6 is 0 Å². The van der Waals surface area contributed by atoms with Crippen molar-refractivity contribution in [3.05, 3.63) is 0 Å². The van der Waals surface area contributed by atoms with Crippen molar-refractivity contribution in [3.63, 3.8) is 0 Å². The predicted octanol–water partition coefficient (Wildman–Crippen LogP) is 3.13. The quantitative estimate of drug-likeness (QED) is 0.523. The highest BCUT2D eigenvalue weighted by Gasteiger charge is 2.44. The summed E-state index contributed by atoms with van der Waals surface area (Å²) in [6, 6.07) is 0. The highest BCUT2D eigenvalue weighted by Crippen LogP contribution is 2.45. The molecule has 0 aromatic heterocycles. The molecule has 1 saturated heterocycles. The zero-order chi connectivity index (χ0) is 8.32. The van der Waals surface area contributed by atoms with E-state index in [0.29, 0.717) is 11.7 Å². The van der Waals surface area contributed by atoms with Gasteiger partial charge in [0.2, 0.25) is 0 Å². The molecule has 2 fully saturated rings. The Morgan fingerprint density at radius 3 is 2.00 bits per heavy atom. The summed E-state index contributed by atoms with van der Waals surface area (Å²) in [5.74, 6) is 0. The van der Waals surface area contributed by atoms with Crippen molar-refractivity contribution in [1.29, 1.82) is 0 Å². The summed E-state index contributed by atoms with van der Waals surface area (Å²) in [7, 11) is 0. The molecule has 0 amide bonds. The maximum atomic E-state index is 5.69. The lowest BCUT2D eigenvalue weighted by molar-refractivity contribution is -0.192. The van der Waals surface area contributed by atoms with Crippen LogP contribution in [0.15, 0.2) is 0 Å². The third-order valence-corrected chi connectivity index (χ3v) is 2.63. The average Bonchev–Trinajstić information content (AvgIpc) is 2.40. The summed E-state index contributed by atoms with van der Waals surface area (Å²) in [6.45, 7) is 6.17. The van der Waals surface area contributed by atoms with Gasteiger partial charge >= 0.3 is 0 Å². The van der Waals surface area contributed by atoms with Gasteiger partial charge in [-0.25, -0.2) is 0 Å². The summed E-state index contributed by atoms with van der Waals surface area (Å²) in [4.78, 5) is 0. The van der Waals surface area contributed by atoms with E-state index in [9.17, 15) is 0 Å². The first-order valence-corrected chi connectivity index (χ1v) is 4.99. The molecule has 1 aliphatic carbocycles. The molecule has 1 spiro atoms. The van der Waals surface area contributed by atoms with Gasteiger partial charge in [0.15, 0.2) is 0 Å². The Kier molecular flexibility index (Phi) is 2.94. The second-order valence-electron chi connectivity index (χ2n) is 3.52. The third kappa shape index (κ3) is 1.76. The van der Waals surface area contributed by atoms with Crippen molar-refractivity contribution in [2.75, 3.05) is 0 Å². The van der Waals surface area contributed by atoms with Gasteiger partial charge in [-0.1, -0.05) is 26.7 Å². The van der Waals surface area contributed by atoms with Crippen LogP contribution in [-0.4, -0.2) is 11.7 Å². The van der Waals surface area contributed by atoms with E-state index in [1.54, 1.807) is 0 Å². The van der Waals surface area contributed by atoms with Gasteiger partial charge in [0.1, 0.15) is 0 Å². The molecule has 1 unspecified atom stereocenters. The lowest BCUT2D eigenvalue weighted by Crippen LogP contribution is -2.46. The van der Waals surface area contributed by atoms with E-state index in [2.05, 4.69) is 6.92 Å². The summed E-state index contributed by atoms with van der Waals surface area (Å²) in [5.41, 5.74) is 0.388. The van der Waals surface area contributed by atoms with Crippen molar-refractivity contribution in [1.82, 2.24) is 0 Å². The Morgan fingerprint density at radius 2 is 1.64 bits per heavy atom. The van der Waals surface area contributed by atoms with Crippen LogP contribution in [0.3, 0.4) is 0 Å². The van der Waals surface area contributed by atoms with Crippen LogP contribution in [-0.2, 0) is 4.74 Å². The van der Waals surface area contributed by atoms with Crippen LogP contribution in [0.5, 0.6) is 0 Å². The number of hydrogen-bond acceptors (Lipinski definition) is 1. The highest BCUT2D eigenvalue weighted by molar-refractivity contribution is 4.95. The Labute approximate surface area is 70.1 Å². The molecule has 0 aromatic carbocycles. The predicted molar refractivity (Wildman–Crippen MR) is 47.7 cm³/mol. The molecule has 1 nitrogen and oxygen atoms in total. The number of hydrogen-bond donors (Lipinski definition) is 0. The lowest BCUT2D eigenvalue weighted by Gasteiger charge is -2.44. The molecule has 1 heteroatoms. The van der Waals surface area contributed by atoms with Crippen molar-refractivity contribution >= 4 is 0 Å². The molecule has 0 bridgehead atoms. The van der Waals surface area contributed by atoms with Crippen molar-refractivity contribution in [2.45, 2.75) is 64.6 Å². The number of ether oxygens (including phenoxy) is 1. The Hall–Kier alpha value is -0.0400. The zero-order valence-electron chi connectivity index (χ0n) is 8.02. The van der Waals surface area contributed by atoms with Gasteiger partial charge in [0.25, 0.3) is 0 Å². The van der Waals surface area contributed by atoms with E-state index in [1.807, 2.05) is 13.8 Å². The van der Waals surface area contributed by atoms with Gasteiger partial charge in [-0.3, -0.25) is 0 Å². The largest absolute Gasteiger partial charge is 0.372 e. The summed E-state index contributed by atoms with van der Waals surface area (Å²) in [5, 5.41) is 0. The van der Waals surface area contributed by atoms with Gasteiger partial charge in [-0.15, -0.1) is 0 Å².